The van der Waals surface area contributed by atoms with E-state index < -0.39 is 0 Å². The van der Waals surface area contributed by atoms with Gasteiger partial charge in [-0.2, -0.15) is 0 Å². The van der Waals surface area contributed by atoms with Crippen LogP contribution >= 0.6 is 0 Å². The van der Waals surface area contributed by atoms with Crippen LogP contribution in [0.5, 0.6) is 5.75 Å². The number of hydrogen-bond donors (Lipinski definition) is 1. The molecule has 0 amide bonds. The molecule has 0 saturated heterocycles. The summed E-state index contributed by atoms with van der Waals surface area (Å²) in [4.78, 5) is 4.07. The van der Waals surface area contributed by atoms with Crippen LogP contribution in [-0.4, -0.2) is 11.6 Å². The van der Waals surface area contributed by atoms with E-state index in [0.717, 1.165) is 29.9 Å². The molecule has 0 atom stereocenters. The first-order valence-electron chi connectivity index (χ1n) is 5.74. The van der Waals surface area contributed by atoms with E-state index in [4.69, 9.17) is 10.5 Å². The maximum Gasteiger partial charge on any atom is 0.123 e. The number of nitrogens with zero attached hydrogens (tertiary/aromatic N) is 1. The number of nitrogen functional groups attached to an aromatic ring is 1. The molecule has 0 fully saturated rings. The van der Waals surface area contributed by atoms with Crippen molar-refractivity contribution in [3.63, 3.8) is 0 Å². The van der Waals surface area contributed by atoms with Crippen molar-refractivity contribution in [1.82, 2.24) is 4.98 Å². The summed E-state index contributed by atoms with van der Waals surface area (Å²) in [6, 6.07) is 11.8. The number of anilines is 1. The summed E-state index contributed by atoms with van der Waals surface area (Å²) in [6.45, 7) is 2.84. The van der Waals surface area contributed by atoms with Gasteiger partial charge in [-0.1, -0.05) is 19.1 Å². The zero-order valence-corrected chi connectivity index (χ0v) is 9.89. The lowest BCUT2D eigenvalue weighted by molar-refractivity contribution is 0.317. The highest BCUT2D eigenvalue weighted by Gasteiger charge is 1.99. The van der Waals surface area contributed by atoms with Gasteiger partial charge in [0.15, 0.2) is 0 Å². The molecule has 3 heteroatoms. The van der Waals surface area contributed by atoms with E-state index >= 15 is 0 Å². The summed E-state index contributed by atoms with van der Waals surface area (Å²) in [5, 5.41) is 0. The molecule has 0 aliphatic carbocycles. The van der Waals surface area contributed by atoms with Crippen LogP contribution in [0.15, 0.2) is 42.6 Å². The molecule has 88 valence electrons. The van der Waals surface area contributed by atoms with Gasteiger partial charge in [-0.15, -0.1) is 0 Å². The predicted molar refractivity (Wildman–Crippen MR) is 69.9 cm³/mol. The molecule has 2 rings (SSSR count). The first-order chi connectivity index (χ1) is 8.29. The highest BCUT2D eigenvalue weighted by molar-refractivity contribution is 5.64. The Balaban J connectivity index is 2.14. The largest absolute Gasteiger partial charge is 0.494 e. The summed E-state index contributed by atoms with van der Waals surface area (Å²) >= 11 is 0. The standard InChI is InChI=1S/C14H16N2O/c1-2-9-17-13-6-3-11(4-7-13)12-5-8-14(15)16-10-12/h3-8,10H,2,9H2,1H3,(H2,15,16). The molecule has 0 saturated carbocycles. The van der Waals surface area contributed by atoms with Gasteiger partial charge in [0, 0.05) is 11.8 Å². The zero-order valence-electron chi connectivity index (χ0n) is 9.89. The molecule has 0 aliphatic rings. The summed E-state index contributed by atoms with van der Waals surface area (Å²) < 4.78 is 5.53. The Morgan fingerprint density at radius 2 is 1.76 bits per heavy atom. The molecule has 2 aromatic rings. The number of nitrogens with two attached hydrogens (primary N) is 1. The number of rotatable bonds is 4. The molecule has 1 heterocycles. The second-order valence-corrected chi connectivity index (χ2v) is 3.84. The molecule has 17 heavy (non-hydrogen) atoms. The molecule has 3 nitrogen and oxygen atoms in total. The summed E-state index contributed by atoms with van der Waals surface area (Å²) in [5.74, 6) is 1.44. The predicted octanol–water partition coefficient (Wildman–Crippen LogP) is 3.12. The maximum absolute atomic E-state index is 5.55. The van der Waals surface area contributed by atoms with Crippen LogP contribution in [0, 0.1) is 0 Å². The number of ether oxygens (including phenoxy) is 1. The zero-order chi connectivity index (χ0) is 12.1. The van der Waals surface area contributed by atoms with Gasteiger partial charge >= 0.3 is 0 Å². The second-order valence-electron chi connectivity index (χ2n) is 3.84. The first-order valence-corrected chi connectivity index (χ1v) is 5.74. The van der Waals surface area contributed by atoms with Crippen molar-refractivity contribution in [2.45, 2.75) is 13.3 Å². The number of aromatic nitrogens is 1. The van der Waals surface area contributed by atoms with Gasteiger partial charge in [-0.3, -0.25) is 0 Å². The molecule has 0 bridgehead atoms. The SMILES string of the molecule is CCCOc1ccc(-c2ccc(N)nc2)cc1. The van der Waals surface area contributed by atoms with E-state index in [1.165, 1.54) is 0 Å². The third-order valence-electron chi connectivity index (χ3n) is 2.45. The minimum absolute atomic E-state index is 0.539. The lowest BCUT2D eigenvalue weighted by atomic mass is 10.1. The number of benzene rings is 1. The Morgan fingerprint density at radius 3 is 2.35 bits per heavy atom. The lowest BCUT2D eigenvalue weighted by Gasteiger charge is -2.06. The van der Waals surface area contributed by atoms with E-state index in [-0.39, 0.29) is 0 Å². The fourth-order valence-electron chi connectivity index (χ4n) is 1.54. The fourth-order valence-corrected chi connectivity index (χ4v) is 1.54. The van der Waals surface area contributed by atoms with Gasteiger partial charge in [-0.05, 0) is 36.2 Å². The van der Waals surface area contributed by atoms with Crippen LogP contribution in [-0.2, 0) is 0 Å². The van der Waals surface area contributed by atoms with Crippen molar-refractivity contribution in [2.24, 2.45) is 0 Å². The van der Waals surface area contributed by atoms with E-state index in [1.54, 1.807) is 12.3 Å². The van der Waals surface area contributed by atoms with Crippen molar-refractivity contribution in [3.05, 3.63) is 42.6 Å². The minimum Gasteiger partial charge on any atom is -0.494 e. The van der Waals surface area contributed by atoms with Crippen molar-refractivity contribution in [2.75, 3.05) is 12.3 Å². The van der Waals surface area contributed by atoms with Gasteiger partial charge < -0.3 is 10.5 Å². The molecule has 0 spiro atoms. The Morgan fingerprint density at radius 1 is 1.06 bits per heavy atom. The average Bonchev–Trinajstić information content (AvgIpc) is 2.38. The number of hydrogen-bond acceptors (Lipinski definition) is 3. The van der Waals surface area contributed by atoms with Gasteiger partial charge in [0.2, 0.25) is 0 Å². The van der Waals surface area contributed by atoms with E-state index in [1.807, 2.05) is 30.3 Å². The fraction of sp³-hybridized carbons (Fsp3) is 0.214. The van der Waals surface area contributed by atoms with Crippen molar-refractivity contribution < 1.29 is 4.74 Å². The van der Waals surface area contributed by atoms with Crippen LogP contribution in [0.2, 0.25) is 0 Å². The van der Waals surface area contributed by atoms with Crippen LogP contribution in [0.25, 0.3) is 11.1 Å². The topological polar surface area (TPSA) is 48.1 Å². The third kappa shape index (κ3) is 2.97. The maximum atomic E-state index is 5.55. The van der Waals surface area contributed by atoms with Gasteiger partial charge in [0.1, 0.15) is 11.6 Å². The van der Waals surface area contributed by atoms with Crippen LogP contribution in [0.3, 0.4) is 0 Å². The summed E-state index contributed by atoms with van der Waals surface area (Å²) in [7, 11) is 0. The average molecular weight is 228 g/mol. The van der Waals surface area contributed by atoms with Crippen molar-refractivity contribution >= 4 is 5.82 Å². The van der Waals surface area contributed by atoms with E-state index in [2.05, 4.69) is 11.9 Å². The quantitative estimate of drug-likeness (QED) is 0.874. The molecule has 2 N–H and O–H groups in total. The van der Waals surface area contributed by atoms with Crippen molar-refractivity contribution in [1.29, 1.82) is 0 Å². The van der Waals surface area contributed by atoms with Gasteiger partial charge in [0.25, 0.3) is 0 Å². The second kappa shape index (κ2) is 5.34. The molecule has 0 unspecified atom stereocenters. The van der Waals surface area contributed by atoms with Gasteiger partial charge in [0.05, 0.1) is 6.61 Å². The molecular weight excluding hydrogens is 212 g/mol. The lowest BCUT2D eigenvalue weighted by Crippen LogP contribution is -1.94. The normalized spacial score (nSPS) is 10.2. The number of pyridine rings is 1. The Bertz CT molecular complexity index is 463. The summed E-state index contributed by atoms with van der Waals surface area (Å²) in [6.07, 6.45) is 2.79. The Kier molecular flexibility index (Phi) is 3.60. The van der Waals surface area contributed by atoms with Crippen LogP contribution < -0.4 is 10.5 Å². The van der Waals surface area contributed by atoms with Gasteiger partial charge in [-0.25, -0.2) is 4.98 Å². The molecule has 1 aromatic heterocycles. The smallest absolute Gasteiger partial charge is 0.123 e. The Hall–Kier alpha value is -2.03. The minimum atomic E-state index is 0.539. The molecule has 0 radical (unpaired) electrons. The van der Waals surface area contributed by atoms with Crippen LogP contribution in [0.4, 0.5) is 5.82 Å². The summed E-state index contributed by atoms with van der Waals surface area (Å²) in [5.41, 5.74) is 7.72. The Labute approximate surface area is 101 Å². The highest BCUT2D eigenvalue weighted by atomic mass is 16.5. The molecule has 0 aliphatic heterocycles. The monoisotopic (exact) mass is 228 g/mol. The first kappa shape index (κ1) is 11.5. The van der Waals surface area contributed by atoms with E-state index in [0.29, 0.717) is 5.82 Å². The molecule has 1 aromatic carbocycles. The third-order valence-corrected chi connectivity index (χ3v) is 2.45. The molecular formula is C14H16N2O. The highest BCUT2D eigenvalue weighted by Crippen LogP contribution is 2.22. The van der Waals surface area contributed by atoms with Crippen LogP contribution in [0.1, 0.15) is 13.3 Å². The van der Waals surface area contributed by atoms with E-state index in [9.17, 15) is 0 Å². The van der Waals surface area contributed by atoms with Crippen molar-refractivity contribution in [3.8, 4) is 16.9 Å².